The lowest BCUT2D eigenvalue weighted by Gasteiger charge is -2.16. The van der Waals surface area contributed by atoms with Crippen molar-refractivity contribution in [2.24, 2.45) is 0 Å². The van der Waals surface area contributed by atoms with Crippen molar-refractivity contribution in [1.82, 2.24) is 25.0 Å². The second-order valence-electron chi connectivity index (χ2n) is 5.98. The number of hydrogen-bond acceptors (Lipinski definition) is 4. The highest BCUT2D eigenvalue weighted by Crippen LogP contribution is 2.36. The predicted molar refractivity (Wildman–Crippen MR) is 106 cm³/mol. The van der Waals surface area contributed by atoms with Crippen molar-refractivity contribution in [2.75, 3.05) is 0 Å². The first kappa shape index (κ1) is 19.8. The molecule has 28 heavy (non-hydrogen) atoms. The summed E-state index contributed by atoms with van der Waals surface area (Å²) in [6.45, 7) is 7.25. The summed E-state index contributed by atoms with van der Waals surface area (Å²) in [5, 5.41) is 7.81. The summed E-state index contributed by atoms with van der Waals surface area (Å²) in [6.07, 6.45) is 5.88. The highest BCUT2D eigenvalue weighted by molar-refractivity contribution is 6.33. The Morgan fingerprint density at radius 1 is 1.25 bits per heavy atom. The normalized spacial score (nSPS) is 12.8. The zero-order valence-corrected chi connectivity index (χ0v) is 16.2. The lowest BCUT2D eigenvalue weighted by atomic mass is 10.1. The largest absolute Gasteiger partial charge is 0.331 e. The Labute approximate surface area is 166 Å². The third kappa shape index (κ3) is 3.57. The van der Waals surface area contributed by atoms with E-state index in [1.807, 2.05) is 24.3 Å². The Balaban J connectivity index is 2.12. The van der Waals surface area contributed by atoms with E-state index in [2.05, 4.69) is 26.9 Å². The first-order chi connectivity index (χ1) is 13.4. The van der Waals surface area contributed by atoms with Gasteiger partial charge in [-0.15, -0.1) is 5.10 Å². The van der Waals surface area contributed by atoms with Crippen LogP contribution in [0.2, 0.25) is 5.15 Å². The summed E-state index contributed by atoms with van der Waals surface area (Å²) >= 11 is 6.11. The van der Waals surface area contributed by atoms with Gasteiger partial charge in [-0.1, -0.05) is 72.0 Å². The summed E-state index contributed by atoms with van der Waals surface area (Å²) in [4.78, 5) is 7.84. The maximum atomic E-state index is 14.9. The van der Waals surface area contributed by atoms with Gasteiger partial charge in [0.05, 0.1) is 6.54 Å². The average Bonchev–Trinajstić information content (AvgIpc) is 3.09. The van der Waals surface area contributed by atoms with Crippen LogP contribution >= 0.6 is 11.6 Å². The predicted octanol–water partition coefficient (Wildman–Crippen LogP) is 5.18. The number of benzene rings is 1. The molecule has 0 fully saturated rings. The van der Waals surface area contributed by atoms with E-state index in [1.54, 1.807) is 13.0 Å². The van der Waals surface area contributed by atoms with Crippen LogP contribution in [0.3, 0.4) is 0 Å². The van der Waals surface area contributed by atoms with Crippen LogP contribution in [0, 0.1) is 0 Å². The topological polar surface area (TPSA) is 56.5 Å². The molecule has 0 radical (unpaired) electrons. The molecule has 0 N–H and O–H groups in total. The smallest absolute Gasteiger partial charge is 0.222 e. The molecule has 0 spiro atoms. The molecular formula is C20H18ClF2N5. The van der Waals surface area contributed by atoms with E-state index >= 15 is 0 Å². The number of aromatic nitrogens is 5. The zero-order chi connectivity index (χ0) is 20.3. The van der Waals surface area contributed by atoms with Crippen LogP contribution in [0.1, 0.15) is 30.8 Å². The summed E-state index contributed by atoms with van der Waals surface area (Å²) in [7, 11) is 0. The fraction of sp³-hybridized carbons (Fsp3) is 0.200. The van der Waals surface area contributed by atoms with Crippen LogP contribution in [0.25, 0.3) is 17.2 Å². The van der Waals surface area contributed by atoms with Crippen LogP contribution in [0.5, 0.6) is 0 Å². The maximum absolute atomic E-state index is 14.9. The SMILES string of the molecule is C=Cc1ccccc1Cn1nnc2c(Cl)nc(C(F)(F)C(/C=C\C)=C/C)nc21. The minimum Gasteiger partial charge on any atom is -0.222 e. The highest BCUT2D eigenvalue weighted by atomic mass is 35.5. The molecule has 0 amide bonds. The average molecular weight is 402 g/mol. The zero-order valence-electron chi connectivity index (χ0n) is 15.4. The van der Waals surface area contributed by atoms with E-state index in [9.17, 15) is 8.78 Å². The summed E-state index contributed by atoms with van der Waals surface area (Å²) in [6, 6.07) is 7.56. The van der Waals surface area contributed by atoms with Gasteiger partial charge in [0.2, 0.25) is 5.82 Å². The molecule has 0 bridgehead atoms. The maximum Gasteiger partial charge on any atom is 0.331 e. The van der Waals surface area contributed by atoms with Gasteiger partial charge in [-0.2, -0.15) is 8.78 Å². The number of allylic oxidation sites excluding steroid dienone is 4. The summed E-state index contributed by atoms with van der Waals surface area (Å²) < 4.78 is 31.3. The van der Waals surface area contributed by atoms with Crippen molar-refractivity contribution in [2.45, 2.75) is 26.3 Å². The Morgan fingerprint density at radius 2 is 2.00 bits per heavy atom. The van der Waals surface area contributed by atoms with Crippen molar-refractivity contribution in [1.29, 1.82) is 0 Å². The van der Waals surface area contributed by atoms with Crippen molar-refractivity contribution in [3.05, 3.63) is 76.7 Å². The fourth-order valence-electron chi connectivity index (χ4n) is 2.80. The van der Waals surface area contributed by atoms with Crippen LogP contribution in [-0.4, -0.2) is 25.0 Å². The Bertz CT molecular complexity index is 1090. The van der Waals surface area contributed by atoms with Gasteiger partial charge >= 0.3 is 5.92 Å². The molecule has 0 unspecified atom stereocenters. The third-order valence-corrected chi connectivity index (χ3v) is 4.48. The first-order valence-corrected chi connectivity index (χ1v) is 8.95. The Hall–Kier alpha value is -2.93. The van der Waals surface area contributed by atoms with Gasteiger partial charge in [-0.05, 0) is 25.0 Å². The lowest BCUT2D eigenvalue weighted by molar-refractivity contribution is 0.0321. The molecule has 144 valence electrons. The Kier molecular flexibility index (Phi) is 5.65. The van der Waals surface area contributed by atoms with E-state index in [0.717, 1.165) is 11.1 Å². The number of hydrogen-bond donors (Lipinski definition) is 0. The van der Waals surface area contributed by atoms with Gasteiger partial charge in [0.1, 0.15) is 0 Å². The van der Waals surface area contributed by atoms with Crippen molar-refractivity contribution in [3.8, 4) is 0 Å². The molecule has 0 aliphatic heterocycles. The van der Waals surface area contributed by atoms with Gasteiger partial charge in [0.25, 0.3) is 0 Å². The third-order valence-electron chi connectivity index (χ3n) is 4.22. The summed E-state index contributed by atoms with van der Waals surface area (Å²) in [5.41, 5.74) is 1.90. The molecule has 0 saturated carbocycles. The molecule has 0 aliphatic rings. The molecule has 0 aliphatic carbocycles. The van der Waals surface area contributed by atoms with Gasteiger partial charge in [0, 0.05) is 5.57 Å². The van der Waals surface area contributed by atoms with E-state index in [0.29, 0.717) is 0 Å². The van der Waals surface area contributed by atoms with Gasteiger partial charge in [0.15, 0.2) is 16.3 Å². The van der Waals surface area contributed by atoms with Crippen LogP contribution in [0.4, 0.5) is 8.78 Å². The van der Waals surface area contributed by atoms with E-state index in [4.69, 9.17) is 11.6 Å². The van der Waals surface area contributed by atoms with E-state index in [1.165, 1.54) is 29.8 Å². The first-order valence-electron chi connectivity index (χ1n) is 8.57. The van der Waals surface area contributed by atoms with Crippen LogP contribution in [-0.2, 0) is 12.5 Å². The molecule has 1 aromatic carbocycles. The van der Waals surface area contributed by atoms with Gasteiger partial charge < -0.3 is 0 Å². The molecule has 0 saturated heterocycles. The van der Waals surface area contributed by atoms with Crippen molar-refractivity contribution < 1.29 is 8.78 Å². The van der Waals surface area contributed by atoms with E-state index < -0.39 is 11.7 Å². The Morgan fingerprint density at radius 3 is 2.68 bits per heavy atom. The lowest BCUT2D eigenvalue weighted by Crippen LogP contribution is -2.20. The molecule has 5 nitrogen and oxygen atoms in total. The molecule has 3 rings (SSSR count). The van der Waals surface area contributed by atoms with Crippen molar-refractivity contribution >= 4 is 28.8 Å². The minimum atomic E-state index is -3.41. The van der Waals surface area contributed by atoms with Gasteiger partial charge in [-0.3, -0.25) is 0 Å². The highest BCUT2D eigenvalue weighted by Gasteiger charge is 2.39. The van der Waals surface area contributed by atoms with Gasteiger partial charge in [-0.25, -0.2) is 14.6 Å². The fourth-order valence-corrected chi connectivity index (χ4v) is 3.00. The molecular weight excluding hydrogens is 384 g/mol. The minimum absolute atomic E-state index is 0.143. The number of fused-ring (bicyclic) bond motifs is 1. The second kappa shape index (κ2) is 7.98. The number of nitrogens with zero attached hydrogens (tertiary/aromatic N) is 5. The monoisotopic (exact) mass is 401 g/mol. The van der Waals surface area contributed by atoms with Crippen molar-refractivity contribution in [3.63, 3.8) is 0 Å². The van der Waals surface area contributed by atoms with E-state index in [-0.39, 0.29) is 28.4 Å². The molecule has 3 aromatic rings. The molecule has 8 heteroatoms. The van der Waals surface area contributed by atoms with Crippen LogP contribution in [0.15, 0.2) is 54.6 Å². The quantitative estimate of drug-likeness (QED) is 0.422. The molecule has 2 heterocycles. The van der Waals surface area contributed by atoms with Crippen LogP contribution < -0.4 is 0 Å². The number of rotatable bonds is 6. The number of alkyl halides is 2. The second-order valence-corrected chi connectivity index (χ2v) is 6.34. The number of halogens is 3. The standard InChI is InChI=1S/C20H18ClF2N5/c1-4-9-15(6-3)20(22,23)19-24-17(21)16-18(25-19)28(27-26-16)12-14-11-8-7-10-13(14)5-2/h4-11H,2,12H2,1,3H3/b9-4-,15-6+. The molecule has 0 atom stereocenters. The molecule has 2 aromatic heterocycles. The summed E-state index contributed by atoms with van der Waals surface area (Å²) in [5.74, 6) is -4.11.